The van der Waals surface area contributed by atoms with Crippen molar-refractivity contribution in [2.75, 3.05) is 4.72 Å². The molecule has 0 aliphatic heterocycles. The molecule has 0 spiro atoms. The van der Waals surface area contributed by atoms with Crippen molar-refractivity contribution < 1.29 is 21.6 Å². The molecule has 0 fully saturated rings. The Labute approximate surface area is 155 Å². The first kappa shape index (κ1) is 18.5. The number of halogens is 4. The van der Waals surface area contributed by atoms with Crippen LogP contribution in [0.1, 0.15) is 5.69 Å². The van der Waals surface area contributed by atoms with Crippen LogP contribution in [0.3, 0.4) is 0 Å². The zero-order valence-corrected chi connectivity index (χ0v) is 15.3. The highest BCUT2D eigenvalue weighted by Crippen LogP contribution is 2.28. The summed E-state index contributed by atoms with van der Waals surface area (Å²) < 4.78 is 66.6. The van der Waals surface area contributed by atoms with Crippen LogP contribution in [0.2, 0.25) is 0 Å². The van der Waals surface area contributed by atoms with Gasteiger partial charge in [-0.1, -0.05) is 15.9 Å². The molecule has 0 aliphatic carbocycles. The maximum Gasteiger partial charge on any atom is 0.435 e. The van der Waals surface area contributed by atoms with Crippen LogP contribution >= 0.6 is 15.9 Å². The molecule has 2 aromatic carbocycles. The van der Waals surface area contributed by atoms with Crippen molar-refractivity contribution in [2.24, 2.45) is 0 Å². The second kappa shape index (κ2) is 6.76. The van der Waals surface area contributed by atoms with E-state index >= 15 is 0 Å². The molecule has 0 amide bonds. The largest absolute Gasteiger partial charge is 0.435 e. The molecular weight excluding hydrogens is 435 g/mol. The SMILES string of the molecule is O=S(=O)(Nc1ccc(-n2ccc(C(F)(F)F)n2)cc1)c1ccc(Br)cc1. The smallest absolute Gasteiger partial charge is 0.280 e. The van der Waals surface area contributed by atoms with Crippen molar-refractivity contribution >= 4 is 31.6 Å². The molecule has 10 heteroatoms. The van der Waals surface area contributed by atoms with Crippen molar-refractivity contribution in [1.29, 1.82) is 0 Å². The molecule has 0 radical (unpaired) electrons. The zero-order chi connectivity index (χ0) is 18.9. The van der Waals surface area contributed by atoms with Crippen LogP contribution in [-0.2, 0) is 16.2 Å². The number of anilines is 1. The Hall–Kier alpha value is -2.33. The van der Waals surface area contributed by atoms with Crippen LogP contribution in [0.4, 0.5) is 18.9 Å². The van der Waals surface area contributed by atoms with Crippen LogP contribution in [-0.4, -0.2) is 18.2 Å². The normalized spacial score (nSPS) is 12.2. The van der Waals surface area contributed by atoms with Crippen molar-refractivity contribution in [2.45, 2.75) is 11.1 Å². The highest BCUT2D eigenvalue weighted by Gasteiger charge is 2.33. The summed E-state index contributed by atoms with van der Waals surface area (Å²) in [6, 6.07) is 12.8. The highest BCUT2D eigenvalue weighted by atomic mass is 79.9. The number of benzene rings is 2. The molecule has 3 rings (SSSR count). The second-order valence-electron chi connectivity index (χ2n) is 5.25. The van der Waals surface area contributed by atoms with E-state index in [1.165, 1.54) is 42.6 Å². The van der Waals surface area contributed by atoms with E-state index in [2.05, 4.69) is 25.8 Å². The first-order valence-corrected chi connectivity index (χ1v) is 9.44. The maximum absolute atomic E-state index is 12.6. The second-order valence-corrected chi connectivity index (χ2v) is 7.85. The van der Waals surface area contributed by atoms with Gasteiger partial charge in [0, 0.05) is 16.4 Å². The minimum atomic E-state index is -4.52. The highest BCUT2D eigenvalue weighted by molar-refractivity contribution is 9.10. The molecule has 136 valence electrons. The first-order chi connectivity index (χ1) is 12.1. The van der Waals surface area contributed by atoms with E-state index in [4.69, 9.17) is 0 Å². The average Bonchev–Trinajstić information content (AvgIpc) is 3.06. The summed E-state index contributed by atoms with van der Waals surface area (Å²) in [5, 5.41) is 3.46. The van der Waals surface area contributed by atoms with Crippen LogP contribution < -0.4 is 4.72 Å². The molecule has 0 unspecified atom stereocenters. The van der Waals surface area contributed by atoms with E-state index in [0.717, 1.165) is 15.2 Å². The number of aromatic nitrogens is 2. The molecule has 1 N–H and O–H groups in total. The van der Waals surface area contributed by atoms with Gasteiger partial charge in [0.25, 0.3) is 10.0 Å². The van der Waals surface area contributed by atoms with Crippen LogP contribution in [0.15, 0.2) is 70.2 Å². The lowest BCUT2D eigenvalue weighted by molar-refractivity contribution is -0.141. The van der Waals surface area contributed by atoms with Crippen LogP contribution in [0.25, 0.3) is 5.69 Å². The predicted octanol–water partition coefficient (Wildman–Crippen LogP) is 4.45. The number of nitrogens with one attached hydrogen (secondary N) is 1. The summed E-state index contributed by atoms with van der Waals surface area (Å²) >= 11 is 3.23. The van der Waals surface area contributed by atoms with Crippen molar-refractivity contribution in [3.8, 4) is 5.69 Å². The van der Waals surface area contributed by atoms with E-state index in [1.807, 2.05) is 0 Å². The van der Waals surface area contributed by atoms with Gasteiger partial charge in [0.15, 0.2) is 5.69 Å². The van der Waals surface area contributed by atoms with Crippen molar-refractivity contribution in [1.82, 2.24) is 9.78 Å². The summed E-state index contributed by atoms with van der Waals surface area (Å²) in [7, 11) is -3.76. The molecule has 0 saturated heterocycles. The van der Waals surface area contributed by atoms with Gasteiger partial charge < -0.3 is 0 Å². The number of nitrogens with zero attached hydrogens (tertiary/aromatic N) is 2. The molecule has 1 heterocycles. The summed E-state index contributed by atoms with van der Waals surface area (Å²) in [5.41, 5.74) is -0.357. The Morgan fingerprint density at radius 1 is 0.962 bits per heavy atom. The van der Waals surface area contributed by atoms with Gasteiger partial charge in [-0.2, -0.15) is 18.3 Å². The third-order valence-electron chi connectivity index (χ3n) is 3.39. The lowest BCUT2D eigenvalue weighted by Gasteiger charge is -2.09. The third-order valence-corrected chi connectivity index (χ3v) is 5.31. The predicted molar refractivity (Wildman–Crippen MR) is 93.5 cm³/mol. The molecule has 3 aromatic rings. The van der Waals surface area contributed by atoms with E-state index in [-0.39, 0.29) is 10.6 Å². The monoisotopic (exact) mass is 445 g/mol. The summed E-state index contributed by atoms with van der Waals surface area (Å²) in [5.74, 6) is 0. The number of rotatable bonds is 4. The Morgan fingerprint density at radius 3 is 2.12 bits per heavy atom. The Balaban J connectivity index is 1.79. The van der Waals surface area contributed by atoms with E-state index in [1.54, 1.807) is 12.1 Å². The molecule has 0 bridgehead atoms. The number of hydrogen-bond acceptors (Lipinski definition) is 3. The number of sulfonamides is 1. The maximum atomic E-state index is 12.6. The molecule has 26 heavy (non-hydrogen) atoms. The number of alkyl halides is 3. The molecule has 5 nitrogen and oxygen atoms in total. The zero-order valence-electron chi connectivity index (χ0n) is 12.9. The average molecular weight is 446 g/mol. The fourth-order valence-corrected chi connectivity index (χ4v) is 3.45. The minimum Gasteiger partial charge on any atom is -0.280 e. The van der Waals surface area contributed by atoms with Gasteiger partial charge in [-0.25, -0.2) is 13.1 Å². The third kappa shape index (κ3) is 4.07. The minimum absolute atomic E-state index is 0.0895. The molecule has 0 saturated carbocycles. The first-order valence-electron chi connectivity index (χ1n) is 7.17. The number of hydrogen-bond donors (Lipinski definition) is 1. The van der Waals surface area contributed by atoms with Gasteiger partial charge in [-0.05, 0) is 54.6 Å². The van der Waals surface area contributed by atoms with E-state index in [9.17, 15) is 21.6 Å². The van der Waals surface area contributed by atoms with Gasteiger partial charge >= 0.3 is 6.18 Å². The van der Waals surface area contributed by atoms with Gasteiger partial charge in [-0.3, -0.25) is 4.72 Å². The summed E-state index contributed by atoms with van der Waals surface area (Å²) in [4.78, 5) is 0.0895. The van der Waals surface area contributed by atoms with Gasteiger partial charge in [0.2, 0.25) is 0 Å². The van der Waals surface area contributed by atoms with Crippen molar-refractivity contribution in [3.63, 3.8) is 0 Å². The Kier molecular flexibility index (Phi) is 4.80. The Bertz CT molecular complexity index is 1010. The summed E-state index contributed by atoms with van der Waals surface area (Å²) in [6.07, 6.45) is -3.34. The lowest BCUT2D eigenvalue weighted by Crippen LogP contribution is -2.12. The molecule has 0 atom stereocenters. The van der Waals surface area contributed by atoms with Crippen molar-refractivity contribution in [3.05, 3.63) is 71.0 Å². The molecule has 1 aromatic heterocycles. The Morgan fingerprint density at radius 2 is 1.58 bits per heavy atom. The topological polar surface area (TPSA) is 64.0 Å². The van der Waals surface area contributed by atoms with Crippen LogP contribution in [0, 0.1) is 0 Å². The lowest BCUT2D eigenvalue weighted by atomic mass is 10.3. The standard InChI is InChI=1S/C16H11BrF3N3O2S/c17-11-1-7-14(8-2-11)26(24,25)22-12-3-5-13(6-4-12)23-10-9-15(21-23)16(18,19)20/h1-10,22H. The summed E-state index contributed by atoms with van der Waals surface area (Å²) in [6.45, 7) is 0. The molecule has 0 aliphatic rings. The fourth-order valence-electron chi connectivity index (χ4n) is 2.13. The van der Waals surface area contributed by atoms with Gasteiger partial charge in [0.1, 0.15) is 0 Å². The van der Waals surface area contributed by atoms with E-state index in [0.29, 0.717) is 5.69 Å². The quantitative estimate of drug-likeness (QED) is 0.644. The van der Waals surface area contributed by atoms with Gasteiger partial charge in [0.05, 0.1) is 10.6 Å². The van der Waals surface area contributed by atoms with Crippen LogP contribution in [0.5, 0.6) is 0 Å². The fraction of sp³-hybridized carbons (Fsp3) is 0.0625. The van der Waals surface area contributed by atoms with Gasteiger partial charge in [-0.15, -0.1) is 0 Å². The van der Waals surface area contributed by atoms with E-state index < -0.39 is 21.9 Å². The molecular formula is C16H11BrF3N3O2S.